The molecule has 5 heteroatoms. The van der Waals surface area contributed by atoms with Crippen LogP contribution in [0.25, 0.3) is 16.6 Å². The maximum atomic E-state index is 12.0. The molecule has 0 bridgehead atoms. The van der Waals surface area contributed by atoms with Crippen molar-refractivity contribution in [3.63, 3.8) is 0 Å². The van der Waals surface area contributed by atoms with Crippen molar-refractivity contribution in [1.29, 1.82) is 0 Å². The van der Waals surface area contributed by atoms with E-state index < -0.39 is 0 Å². The van der Waals surface area contributed by atoms with Crippen LogP contribution >= 0.6 is 0 Å². The zero-order chi connectivity index (χ0) is 11.1. The summed E-state index contributed by atoms with van der Waals surface area (Å²) in [7, 11) is 0. The zero-order valence-electron chi connectivity index (χ0n) is 8.18. The van der Waals surface area contributed by atoms with Crippen molar-refractivity contribution in [1.82, 2.24) is 14.6 Å². The largest absolute Gasteiger partial charge is 0.296 e. The highest BCUT2D eigenvalue weighted by Gasteiger charge is 2.07. The second-order valence-corrected chi connectivity index (χ2v) is 3.46. The maximum absolute atomic E-state index is 12.0. The number of rotatable bonds is 1. The minimum Gasteiger partial charge on any atom is -0.296 e. The third kappa shape index (κ3) is 1.08. The lowest BCUT2D eigenvalue weighted by molar-refractivity contribution is 0.111. The molecule has 0 fully saturated rings. The number of aromatic amines is 1. The van der Waals surface area contributed by atoms with Crippen LogP contribution in [-0.4, -0.2) is 20.9 Å². The van der Waals surface area contributed by atoms with Gasteiger partial charge in [0.2, 0.25) is 0 Å². The Morgan fingerprint density at radius 3 is 2.94 bits per heavy atom. The molecular formula is C11H7N3O2. The lowest BCUT2D eigenvalue weighted by Crippen LogP contribution is -2.15. The van der Waals surface area contributed by atoms with Gasteiger partial charge in [0.15, 0.2) is 11.9 Å². The first-order chi connectivity index (χ1) is 7.79. The van der Waals surface area contributed by atoms with Gasteiger partial charge in [-0.25, -0.2) is 9.50 Å². The smallest absolute Gasteiger partial charge is 0.280 e. The SMILES string of the molecule is O=Cc1cc2nc3ccccc3c(=O)n2[nH]1. The summed E-state index contributed by atoms with van der Waals surface area (Å²) in [6.45, 7) is 0. The predicted molar refractivity (Wildman–Crippen MR) is 58.7 cm³/mol. The second-order valence-electron chi connectivity index (χ2n) is 3.46. The Hall–Kier alpha value is -2.43. The van der Waals surface area contributed by atoms with Gasteiger partial charge in [-0.1, -0.05) is 12.1 Å². The molecule has 1 aromatic carbocycles. The van der Waals surface area contributed by atoms with Crippen LogP contribution in [0.4, 0.5) is 0 Å². The first-order valence-corrected chi connectivity index (χ1v) is 4.75. The minimum absolute atomic E-state index is 0.200. The van der Waals surface area contributed by atoms with Crippen LogP contribution in [0.2, 0.25) is 0 Å². The third-order valence-electron chi connectivity index (χ3n) is 2.45. The van der Waals surface area contributed by atoms with Gasteiger partial charge in [0.1, 0.15) is 0 Å². The van der Waals surface area contributed by atoms with Crippen LogP contribution in [0.1, 0.15) is 10.5 Å². The second kappa shape index (κ2) is 3.03. The summed E-state index contributed by atoms with van der Waals surface area (Å²) in [4.78, 5) is 26.9. The zero-order valence-corrected chi connectivity index (χ0v) is 8.18. The molecule has 0 spiro atoms. The van der Waals surface area contributed by atoms with E-state index in [1.54, 1.807) is 24.3 Å². The van der Waals surface area contributed by atoms with E-state index in [0.29, 0.717) is 28.5 Å². The lowest BCUT2D eigenvalue weighted by Gasteiger charge is -1.96. The molecule has 0 saturated heterocycles. The molecule has 1 N–H and O–H groups in total. The van der Waals surface area contributed by atoms with Gasteiger partial charge in [-0.3, -0.25) is 14.7 Å². The molecule has 0 amide bonds. The number of nitrogens with zero attached hydrogens (tertiary/aromatic N) is 2. The fourth-order valence-electron chi connectivity index (χ4n) is 1.72. The average molecular weight is 213 g/mol. The van der Waals surface area contributed by atoms with Gasteiger partial charge in [-0.15, -0.1) is 0 Å². The number of aldehydes is 1. The van der Waals surface area contributed by atoms with Crippen molar-refractivity contribution < 1.29 is 4.79 Å². The topological polar surface area (TPSA) is 67.2 Å². The highest BCUT2D eigenvalue weighted by molar-refractivity contribution is 5.81. The van der Waals surface area contributed by atoms with Crippen LogP contribution in [-0.2, 0) is 0 Å². The Bertz CT molecular complexity index is 755. The molecule has 0 radical (unpaired) electrons. The predicted octanol–water partition coefficient (Wildman–Crippen LogP) is 0.988. The summed E-state index contributed by atoms with van der Waals surface area (Å²) < 4.78 is 1.27. The van der Waals surface area contributed by atoms with Crippen LogP contribution in [0.15, 0.2) is 35.1 Å². The van der Waals surface area contributed by atoms with Crippen LogP contribution in [0.5, 0.6) is 0 Å². The number of carbonyl (C=O) groups is 1. The van der Waals surface area contributed by atoms with Gasteiger partial charge in [-0.2, -0.15) is 0 Å². The first-order valence-electron chi connectivity index (χ1n) is 4.75. The number of nitrogens with one attached hydrogen (secondary N) is 1. The van der Waals surface area contributed by atoms with E-state index in [1.807, 2.05) is 6.07 Å². The molecule has 0 aliphatic heterocycles. The van der Waals surface area contributed by atoms with Gasteiger partial charge in [0.05, 0.1) is 16.6 Å². The first kappa shape index (κ1) is 8.84. The molecule has 0 atom stereocenters. The van der Waals surface area contributed by atoms with Gasteiger partial charge in [0.25, 0.3) is 5.56 Å². The minimum atomic E-state index is -0.200. The van der Waals surface area contributed by atoms with E-state index in [0.717, 1.165) is 0 Å². The fraction of sp³-hybridized carbons (Fsp3) is 0. The molecule has 0 aliphatic rings. The van der Waals surface area contributed by atoms with E-state index in [9.17, 15) is 9.59 Å². The van der Waals surface area contributed by atoms with E-state index >= 15 is 0 Å². The fourth-order valence-corrected chi connectivity index (χ4v) is 1.72. The molecule has 2 heterocycles. The molecule has 3 aromatic rings. The molecule has 78 valence electrons. The van der Waals surface area contributed by atoms with Crippen molar-refractivity contribution in [3.8, 4) is 0 Å². The van der Waals surface area contributed by atoms with Crippen molar-refractivity contribution in [3.05, 3.63) is 46.4 Å². The Morgan fingerprint density at radius 2 is 2.12 bits per heavy atom. The Labute approximate surface area is 89.3 Å². The van der Waals surface area contributed by atoms with E-state index in [4.69, 9.17) is 0 Å². The summed E-state index contributed by atoms with van der Waals surface area (Å²) in [6, 6.07) is 8.61. The average Bonchev–Trinajstić information content (AvgIpc) is 2.73. The van der Waals surface area contributed by atoms with Gasteiger partial charge < -0.3 is 0 Å². The highest BCUT2D eigenvalue weighted by Crippen LogP contribution is 2.08. The van der Waals surface area contributed by atoms with E-state index in [1.165, 1.54) is 4.52 Å². The van der Waals surface area contributed by atoms with Gasteiger partial charge in [-0.05, 0) is 12.1 Å². The number of H-pyrrole nitrogens is 1. The van der Waals surface area contributed by atoms with Crippen LogP contribution in [0, 0.1) is 0 Å². The van der Waals surface area contributed by atoms with Crippen molar-refractivity contribution in [2.75, 3.05) is 0 Å². The molecule has 5 nitrogen and oxygen atoms in total. The molecule has 3 rings (SSSR count). The standard InChI is InChI=1S/C11H7N3O2/c15-6-7-5-10-12-9-4-2-1-3-8(9)11(16)14(10)13-7/h1-6,13H. The number of carbonyl (C=O) groups excluding carboxylic acids is 1. The quantitative estimate of drug-likeness (QED) is 0.613. The summed E-state index contributed by atoms with van der Waals surface area (Å²) in [5.74, 6) is 0. The summed E-state index contributed by atoms with van der Waals surface area (Å²) in [5.41, 5.74) is 1.21. The highest BCUT2D eigenvalue weighted by atomic mass is 16.1. The summed E-state index contributed by atoms with van der Waals surface area (Å²) in [5, 5.41) is 3.21. The van der Waals surface area contributed by atoms with Gasteiger partial charge >= 0.3 is 0 Å². The number of fused-ring (bicyclic) bond motifs is 2. The van der Waals surface area contributed by atoms with Crippen molar-refractivity contribution in [2.45, 2.75) is 0 Å². The number of para-hydroxylation sites is 1. The van der Waals surface area contributed by atoms with E-state index in [2.05, 4.69) is 10.1 Å². The molecule has 0 aliphatic carbocycles. The van der Waals surface area contributed by atoms with Crippen LogP contribution < -0.4 is 5.56 Å². The van der Waals surface area contributed by atoms with Crippen LogP contribution in [0.3, 0.4) is 0 Å². The number of hydrogen-bond acceptors (Lipinski definition) is 3. The van der Waals surface area contributed by atoms with E-state index in [-0.39, 0.29) is 5.56 Å². The Balaban J connectivity index is 2.58. The van der Waals surface area contributed by atoms with Gasteiger partial charge in [0, 0.05) is 6.07 Å². The molecular weight excluding hydrogens is 206 g/mol. The number of aromatic nitrogens is 3. The monoisotopic (exact) mass is 213 g/mol. The Morgan fingerprint density at radius 1 is 1.31 bits per heavy atom. The third-order valence-corrected chi connectivity index (χ3v) is 2.45. The normalized spacial score (nSPS) is 11.0. The van der Waals surface area contributed by atoms with Crippen molar-refractivity contribution >= 4 is 22.8 Å². The summed E-state index contributed by atoms with van der Waals surface area (Å²) >= 11 is 0. The number of benzene rings is 1. The van der Waals surface area contributed by atoms with Crippen molar-refractivity contribution in [2.24, 2.45) is 0 Å². The number of hydrogen-bond donors (Lipinski definition) is 1. The molecule has 0 saturated carbocycles. The molecule has 16 heavy (non-hydrogen) atoms. The molecule has 2 aromatic heterocycles. The summed E-state index contributed by atoms with van der Waals surface area (Å²) in [6.07, 6.45) is 0.652. The lowest BCUT2D eigenvalue weighted by atomic mass is 10.2. The molecule has 0 unspecified atom stereocenters. The maximum Gasteiger partial charge on any atom is 0.280 e. The Kier molecular flexibility index (Phi) is 1.67.